The standard InChI is InChI=1S/C11H20N2/c1-3-9(2)8-11(12)13-10-6-4-5-7-10/h3,8,10-11,13H,1,4-7,12H2,2H3/b9-8-. The Labute approximate surface area is 80.9 Å². The van der Waals surface area contributed by atoms with Crippen LogP contribution in [0.4, 0.5) is 0 Å². The summed E-state index contributed by atoms with van der Waals surface area (Å²) in [6.45, 7) is 5.71. The topological polar surface area (TPSA) is 38.0 Å². The number of nitrogens with one attached hydrogen (secondary N) is 1. The largest absolute Gasteiger partial charge is 0.313 e. The summed E-state index contributed by atoms with van der Waals surface area (Å²) in [4.78, 5) is 0. The van der Waals surface area contributed by atoms with Gasteiger partial charge in [0.2, 0.25) is 0 Å². The Morgan fingerprint density at radius 3 is 2.69 bits per heavy atom. The maximum atomic E-state index is 5.89. The lowest BCUT2D eigenvalue weighted by Gasteiger charge is -2.16. The van der Waals surface area contributed by atoms with Crippen molar-refractivity contribution in [3.63, 3.8) is 0 Å². The van der Waals surface area contributed by atoms with Gasteiger partial charge in [-0.15, -0.1) is 0 Å². The molecule has 0 radical (unpaired) electrons. The summed E-state index contributed by atoms with van der Waals surface area (Å²) in [6, 6.07) is 0.629. The average Bonchev–Trinajstić information content (AvgIpc) is 2.56. The van der Waals surface area contributed by atoms with E-state index in [1.54, 1.807) is 0 Å². The van der Waals surface area contributed by atoms with Crippen molar-refractivity contribution in [1.82, 2.24) is 5.32 Å². The smallest absolute Gasteiger partial charge is 0.0746 e. The van der Waals surface area contributed by atoms with E-state index in [-0.39, 0.29) is 6.17 Å². The van der Waals surface area contributed by atoms with E-state index in [2.05, 4.69) is 11.9 Å². The molecule has 0 aromatic heterocycles. The summed E-state index contributed by atoms with van der Waals surface area (Å²) in [5.41, 5.74) is 7.03. The SMILES string of the molecule is C=C/C(C)=C\C(N)NC1CCCC1. The molecular formula is C11H20N2. The van der Waals surface area contributed by atoms with Crippen LogP contribution in [0.25, 0.3) is 0 Å². The van der Waals surface area contributed by atoms with E-state index < -0.39 is 0 Å². The zero-order chi connectivity index (χ0) is 9.68. The molecule has 1 fully saturated rings. The molecule has 2 nitrogen and oxygen atoms in total. The summed E-state index contributed by atoms with van der Waals surface area (Å²) in [5.74, 6) is 0. The summed E-state index contributed by atoms with van der Waals surface area (Å²) < 4.78 is 0. The third-order valence-corrected chi connectivity index (χ3v) is 2.55. The molecule has 0 saturated heterocycles. The van der Waals surface area contributed by atoms with E-state index in [1.807, 2.05) is 19.1 Å². The minimum Gasteiger partial charge on any atom is -0.313 e. The molecule has 0 aromatic carbocycles. The molecule has 13 heavy (non-hydrogen) atoms. The van der Waals surface area contributed by atoms with Crippen molar-refractivity contribution in [1.29, 1.82) is 0 Å². The Balaban J connectivity index is 2.31. The van der Waals surface area contributed by atoms with Gasteiger partial charge in [0.15, 0.2) is 0 Å². The van der Waals surface area contributed by atoms with Crippen LogP contribution in [-0.4, -0.2) is 12.2 Å². The molecule has 1 aliphatic carbocycles. The minimum absolute atomic E-state index is 0.0129. The zero-order valence-corrected chi connectivity index (χ0v) is 8.42. The van der Waals surface area contributed by atoms with Crippen LogP contribution >= 0.6 is 0 Å². The normalized spacial score (nSPS) is 21.8. The maximum absolute atomic E-state index is 5.89. The number of allylic oxidation sites excluding steroid dienone is 2. The first-order valence-corrected chi connectivity index (χ1v) is 5.05. The fourth-order valence-electron chi connectivity index (χ4n) is 1.76. The molecular weight excluding hydrogens is 160 g/mol. The predicted molar refractivity (Wildman–Crippen MR) is 57.3 cm³/mol. The van der Waals surface area contributed by atoms with E-state index >= 15 is 0 Å². The Kier molecular flexibility index (Phi) is 4.19. The highest BCUT2D eigenvalue weighted by Gasteiger charge is 2.15. The lowest BCUT2D eigenvalue weighted by molar-refractivity contribution is 0.483. The van der Waals surface area contributed by atoms with Crippen LogP contribution in [0.3, 0.4) is 0 Å². The third-order valence-electron chi connectivity index (χ3n) is 2.55. The monoisotopic (exact) mass is 180 g/mol. The first-order valence-electron chi connectivity index (χ1n) is 5.05. The van der Waals surface area contributed by atoms with Gasteiger partial charge in [0.25, 0.3) is 0 Å². The molecule has 0 spiro atoms. The molecule has 0 aromatic rings. The van der Waals surface area contributed by atoms with Crippen LogP contribution in [0.15, 0.2) is 24.3 Å². The van der Waals surface area contributed by atoms with Gasteiger partial charge < -0.3 is 5.73 Å². The van der Waals surface area contributed by atoms with Gasteiger partial charge in [-0.1, -0.05) is 37.1 Å². The summed E-state index contributed by atoms with van der Waals surface area (Å²) in [6.07, 6.45) is 9.06. The molecule has 0 heterocycles. The summed E-state index contributed by atoms with van der Waals surface area (Å²) in [7, 11) is 0. The minimum atomic E-state index is -0.0129. The number of hydrogen-bond donors (Lipinski definition) is 2. The van der Waals surface area contributed by atoms with E-state index in [0.29, 0.717) is 6.04 Å². The molecule has 1 unspecified atom stereocenters. The van der Waals surface area contributed by atoms with Gasteiger partial charge in [-0.2, -0.15) is 0 Å². The van der Waals surface area contributed by atoms with Crippen LogP contribution in [0, 0.1) is 0 Å². The summed E-state index contributed by atoms with van der Waals surface area (Å²) in [5, 5.41) is 3.40. The maximum Gasteiger partial charge on any atom is 0.0746 e. The molecule has 1 aliphatic rings. The van der Waals surface area contributed by atoms with Gasteiger partial charge in [-0.25, -0.2) is 0 Å². The van der Waals surface area contributed by atoms with Crippen molar-refractivity contribution in [2.75, 3.05) is 0 Å². The van der Waals surface area contributed by atoms with Crippen LogP contribution in [0.1, 0.15) is 32.6 Å². The number of hydrogen-bond acceptors (Lipinski definition) is 2. The molecule has 2 heteroatoms. The van der Waals surface area contributed by atoms with E-state index in [0.717, 1.165) is 5.57 Å². The van der Waals surface area contributed by atoms with E-state index in [9.17, 15) is 0 Å². The highest BCUT2D eigenvalue weighted by Crippen LogP contribution is 2.17. The quantitative estimate of drug-likeness (QED) is 0.512. The van der Waals surface area contributed by atoms with Gasteiger partial charge >= 0.3 is 0 Å². The van der Waals surface area contributed by atoms with Crippen molar-refractivity contribution < 1.29 is 0 Å². The average molecular weight is 180 g/mol. The first kappa shape index (κ1) is 10.5. The lowest BCUT2D eigenvalue weighted by atomic mass is 10.2. The number of rotatable bonds is 4. The van der Waals surface area contributed by atoms with E-state index in [4.69, 9.17) is 5.73 Å². The van der Waals surface area contributed by atoms with Crippen LogP contribution in [0.5, 0.6) is 0 Å². The Hall–Kier alpha value is -0.600. The van der Waals surface area contributed by atoms with Crippen molar-refractivity contribution in [3.8, 4) is 0 Å². The summed E-state index contributed by atoms with van der Waals surface area (Å²) >= 11 is 0. The second-order valence-electron chi connectivity index (χ2n) is 3.79. The molecule has 3 N–H and O–H groups in total. The second-order valence-corrected chi connectivity index (χ2v) is 3.79. The molecule has 0 bridgehead atoms. The van der Waals surface area contributed by atoms with Crippen molar-refractivity contribution in [2.45, 2.75) is 44.8 Å². The lowest BCUT2D eigenvalue weighted by Crippen LogP contribution is -2.41. The molecule has 0 amide bonds. The van der Waals surface area contributed by atoms with Gasteiger partial charge in [0, 0.05) is 6.04 Å². The van der Waals surface area contributed by atoms with Crippen LogP contribution in [-0.2, 0) is 0 Å². The highest BCUT2D eigenvalue weighted by atomic mass is 15.0. The molecule has 0 aliphatic heterocycles. The van der Waals surface area contributed by atoms with E-state index in [1.165, 1.54) is 25.7 Å². The Morgan fingerprint density at radius 2 is 2.15 bits per heavy atom. The van der Waals surface area contributed by atoms with Crippen LogP contribution in [0.2, 0.25) is 0 Å². The van der Waals surface area contributed by atoms with Gasteiger partial charge in [-0.05, 0) is 19.8 Å². The fraction of sp³-hybridized carbons (Fsp3) is 0.636. The van der Waals surface area contributed by atoms with Gasteiger partial charge in [0.1, 0.15) is 0 Å². The predicted octanol–water partition coefficient (Wildman–Crippen LogP) is 1.94. The van der Waals surface area contributed by atoms with Crippen molar-refractivity contribution in [3.05, 3.63) is 24.3 Å². The number of nitrogens with two attached hydrogens (primary N) is 1. The first-order chi connectivity index (χ1) is 6.22. The molecule has 1 saturated carbocycles. The fourth-order valence-corrected chi connectivity index (χ4v) is 1.76. The molecule has 1 atom stereocenters. The molecule has 1 rings (SSSR count). The Bertz CT molecular complexity index is 190. The second kappa shape index (κ2) is 5.20. The van der Waals surface area contributed by atoms with Crippen LogP contribution < -0.4 is 11.1 Å². The van der Waals surface area contributed by atoms with Gasteiger partial charge in [0.05, 0.1) is 6.17 Å². The van der Waals surface area contributed by atoms with Crippen molar-refractivity contribution >= 4 is 0 Å². The molecule has 74 valence electrons. The zero-order valence-electron chi connectivity index (χ0n) is 8.42. The highest BCUT2D eigenvalue weighted by molar-refractivity contribution is 5.15. The van der Waals surface area contributed by atoms with Gasteiger partial charge in [-0.3, -0.25) is 5.32 Å². The Morgan fingerprint density at radius 1 is 1.54 bits per heavy atom. The van der Waals surface area contributed by atoms with Crippen molar-refractivity contribution in [2.24, 2.45) is 5.73 Å². The third kappa shape index (κ3) is 3.75.